The minimum Gasteiger partial charge on any atom is -0.507 e. The third-order valence-electron chi connectivity index (χ3n) is 6.68. The Balaban J connectivity index is 1.71. The molecule has 2 fully saturated rings. The molecular formula is C27H31NO9. The lowest BCUT2D eigenvalue weighted by molar-refractivity contribution is -0.198. The molecular weight excluding hydrogens is 482 g/mol. The molecule has 10 nitrogen and oxygen atoms in total. The number of pyridine rings is 1. The zero-order chi connectivity index (χ0) is 26.7. The van der Waals surface area contributed by atoms with Crippen LogP contribution in [0.2, 0.25) is 0 Å². The van der Waals surface area contributed by atoms with Crippen LogP contribution in [0.15, 0.2) is 41.3 Å². The molecule has 1 aromatic carbocycles. The van der Waals surface area contributed by atoms with Crippen LogP contribution in [0.3, 0.4) is 0 Å². The van der Waals surface area contributed by atoms with Crippen molar-refractivity contribution in [3.8, 4) is 16.9 Å². The van der Waals surface area contributed by atoms with Crippen molar-refractivity contribution in [3.63, 3.8) is 0 Å². The van der Waals surface area contributed by atoms with Gasteiger partial charge in [-0.15, -0.1) is 0 Å². The summed E-state index contributed by atoms with van der Waals surface area (Å²) in [7, 11) is 0. The van der Waals surface area contributed by atoms with Gasteiger partial charge in [0, 0.05) is 27.0 Å². The number of carbonyl (C=O) groups excluding carboxylic acids is 3. The number of aromatic nitrogens is 1. The molecule has 4 rings (SSSR count). The smallest absolute Gasteiger partial charge is 0.305 e. The van der Waals surface area contributed by atoms with E-state index in [2.05, 4.69) is 0 Å². The zero-order valence-electron chi connectivity index (χ0n) is 21.0. The molecule has 0 bridgehead atoms. The SMILES string of the molecule is CC(=O)O[C@H]1O[C@@H](n2ccc(O)c(-c3ccc(C4CCCCC4)cc3)c2=O)[C@H](OC(C)=O)[C@@H]1OC(C)=O. The van der Waals surface area contributed by atoms with E-state index in [0.29, 0.717) is 11.5 Å². The van der Waals surface area contributed by atoms with Crippen LogP contribution in [0.25, 0.3) is 11.1 Å². The van der Waals surface area contributed by atoms with Crippen molar-refractivity contribution in [2.24, 2.45) is 0 Å². The van der Waals surface area contributed by atoms with Crippen molar-refractivity contribution in [3.05, 3.63) is 52.4 Å². The van der Waals surface area contributed by atoms with E-state index in [1.54, 1.807) is 12.1 Å². The normalized spacial score (nSPS) is 23.9. The molecule has 0 unspecified atom stereocenters. The molecule has 1 saturated heterocycles. The first kappa shape index (κ1) is 26.4. The van der Waals surface area contributed by atoms with Crippen LogP contribution in [0, 0.1) is 0 Å². The number of carbonyl (C=O) groups is 3. The number of esters is 3. The molecule has 37 heavy (non-hydrogen) atoms. The highest BCUT2D eigenvalue weighted by Crippen LogP contribution is 2.37. The van der Waals surface area contributed by atoms with Gasteiger partial charge in [-0.3, -0.25) is 23.7 Å². The van der Waals surface area contributed by atoms with E-state index in [1.165, 1.54) is 37.1 Å². The van der Waals surface area contributed by atoms with Gasteiger partial charge in [-0.1, -0.05) is 43.5 Å². The summed E-state index contributed by atoms with van der Waals surface area (Å²) in [5.74, 6) is -1.91. The summed E-state index contributed by atoms with van der Waals surface area (Å²) in [4.78, 5) is 48.9. The Morgan fingerprint density at radius 3 is 2.05 bits per heavy atom. The van der Waals surface area contributed by atoms with Crippen LogP contribution in [0.1, 0.15) is 70.6 Å². The van der Waals surface area contributed by atoms with Gasteiger partial charge in [-0.25, -0.2) is 0 Å². The highest BCUT2D eigenvalue weighted by Gasteiger charge is 2.52. The van der Waals surface area contributed by atoms with E-state index in [4.69, 9.17) is 18.9 Å². The third-order valence-corrected chi connectivity index (χ3v) is 6.68. The minimum absolute atomic E-state index is 0.0304. The first-order valence-electron chi connectivity index (χ1n) is 12.4. The van der Waals surface area contributed by atoms with Crippen molar-refractivity contribution in [2.45, 2.75) is 83.5 Å². The summed E-state index contributed by atoms with van der Waals surface area (Å²) in [6.07, 6.45) is 1.86. The molecule has 0 radical (unpaired) electrons. The van der Waals surface area contributed by atoms with Crippen LogP contribution in [0.5, 0.6) is 5.75 Å². The largest absolute Gasteiger partial charge is 0.507 e. The van der Waals surface area contributed by atoms with Gasteiger partial charge in [0.2, 0.25) is 12.4 Å². The summed E-state index contributed by atoms with van der Waals surface area (Å²) in [5, 5.41) is 10.6. The maximum Gasteiger partial charge on any atom is 0.305 e. The van der Waals surface area contributed by atoms with Gasteiger partial charge in [-0.2, -0.15) is 0 Å². The second-order valence-corrected chi connectivity index (χ2v) is 9.40. The van der Waals surface area contributed by atoms with E-state index in [9.17, 15) is 24.3 Å². The fraction of sp³-hybridized carbons (Fsp3) is 0.481. The molecule has 2 aromatic rings. The monoisotopic (exact) mass is 513 g/mol. The average molecular weight is 514 g/mol. The fourth-order valence-corrected chi connectivity index (χ4v) is 5.09. The lowest BCUT2D eigenvalue weighted by Crippen LogP contribution is -2.41. The van der Waals surface area contributed by atoms with Crippen LogP contribution in [0.4, 0.5) is 0 Å². The molecule has 10 heteroatoms. The Labute approximate surface area is 214 Å². The molecule has 2 aliphatic rings. The van der Waals surface area contributed by atoms with E-state index >= 15 is 0 Å². The predicted molar refractivity (Wildman–Crippen MR) is 130 cm³/mol. The number of aromatic hydroxyl groups is 1. The summed E-state index contributed by atoms with van der Waals surface area (Å²) in [6.45, 7) is 3.44. The molecule has 4 atom stereocenters. The van der Waals surface area contributed by atoms with Gasteiger partial charge in [0.25, 0.3) is 5.56 Å². The topological polar surface area (TPSA) is 130 Å². The lowest BCUT2D eigenvalue weighted by Gasteiger charge is -2.24. The minimum atomic E-state index is -1.42. The van der Waals surface area contributed by atoms with Crippen molar-refractivity contribution in [1.29, 1.82) is 0 Å². The van der Waals surface area contributed by atoms with E-state index in [1.807, 2.05) is 12.1 Å². The standard InChI is InChI=1S/C27H31NO9/c1-15(29)34-23-24(35-16(2)30)27(36-17(3)31)37-26(23)28-14-13-21(32)22(25(28)33)20-11-9-19(10-12-20)18-7-5-4-6-8-18/h9-14,18,23-24,26-27,32H,4-8H2,1-3H3/t23-,24+,26-,27+/m1/s1. The van der Waals surface area contributed by atoms with Gasteiger partial charge in [-0.05, 0) is 36.0 Å². The summed E-state index contributed by atoms with van der Waals surface area (Å²) >= 11 is 0. The van der Waals surface area contributed by atoms with Crippen molar-refractivity contribution in [1.82, 2.24) is 4.57 Å². The van der Waals surface area contributed by atoms with E-state index < -0.39 is 48.2 Å². The number of benzene rings is 1. The number of hydrogen-bond donors (Lipinski definition) is 1. The number of ether oxygens (including phenoxy) is 4. The van der Waals surface area contributed by atoms with Gasteiger partial charge in [0.05, 0.1) is 5.56 Å². The highest BCUT2D eigenvalue weighted by molar-refractivity contribution is 5.70. The van der Waals surface area contributed by atoms with Gasteiger partial charge < -0.3 is 24.1 Å². The van der Waals surface area contributed by atoms with Crippen LogP contribution in [-0.4, -0.2) is 46.1 Å². The highest BCUT2D eigenvalue weighted by atomic mass is 16.8. The third kappa shape index (κ3) is 5.85. The second-order valence-electron chi connectivity index (χ2n) is 9.40. The molecule has 198 valence electrons. The van der Waals surface area contributed by atoms with Gasteiger partial charge in [0.15, 0.2) is 12.3 Å². The summed E-state index contributed by atoms with van der Waals surface area (Å²) in [5.41, 5.74) is 1.11. The summed E-state index contributed by atoms with van der Waals surface area (Å²) < 4.78 is 22.7. The molecule has 1 saturated carbocycles. The Morgan fingerprint density at radius 1 is 0.865 bits per heavy atom. The number of rotatable bonds is 6. The quantitative estimate of drug-likeness (QED) is 0.455. The molecule has 1 N–H and O–H groups in total. The van der Waals surface area contributed by atoms with Gasteiger partial charge >= 0.3 is 17.9 Å². The van der Waals surface area contributed by atoms with Gasteiger partial charge in [0.1, 0.15) is 5.75 Å². The predicted octanol–water partition coefficient (Wildman–Crippen LogP) is 3.55. The van der Waals surface area contributed by atoms with Crippen LogP contribution < -0.4 is 5.56 Å². The Bertz CT molecular complexity index is 1210. The first-order chi connectivity index (χ1) is 17.7. The Kier molecular flexibility index (Phi) is 7.97. The van der Waals surface area contributed by atoms with E-state index in [-0.39, 0.29) is 11.3 Å². The second kappa shape index (κ2) is 11.2. The molecule has 1 aliphatic carbocycles. The molecule has 2 heterocycles. The maximum absolute atomic E-state index is 13.6. The van der Waals surface area contributed by atoms with Crippen LogP contribution >= 0.6 is 0 Å². The molecule has 0 amide bonds. The Hall–Kier alpha value is -3.66. The van der Waals surface area contributed by atoms with Crippen molar-refractivity contribution in [2.75, 3.05) is 0 Å². The first-order valence-corrected chi connectivity index (χ1v) is 12.4. The number of hydrogen-bond acceptors (Lipinski definition) is 9. The van der Waals surface area contributed by atoms with E-state index in [0.717, 1.165) is 38.2 Å². The zero-order valence-corrected chi connectivity index (χ0v) is 21.0. The lowest BCUT2D eigenvalue weighted by atomic mass is 9.84. The average Bonchev–Trinajstić information content (AvgIpc) is 3.15. The molecule has 0 spiro atoms. The van der Waals surface area contributed by atoms with Crippen molar-refractivity contribution >= 4 is 17.9 Å². The molecule has 1 aliphatic heterocycles. The maximum atomic E-state index is 13.6. The van der Waals surface area contributed by atoms with Crippen molar-refractivity contribution < 1.29 is 38.4 Å². The van der Waals surface area contributed by atoms with Crippen LogP contribution in [-0.2, 0) is 33.3 Å². The Morgan fingerprint density at radius 2 is 1.46 bits per heavy atom. The fourth-order valence-electron chi connectivity index (χ4n) is 5.09. The number of nitrogens with zero attached hydrogens (tertiary/aromatic N) is 1. The molecule has 1 aromatic heterocycles. The summed E-state index contributed by atoms with van der Waals surface area (Å²) in [6, 6.07) is 8.87.